The summed E-state index contributed by atoms with van der Waals surface area (Å²) in [6.07, 6.45) is 2.87. The molecule has 5 heteroatoms. The van der Waals surface area contributed by atoms with E-state index in [0.717, 1.165) is 48.2 Å². The van der Waals surface area contributed by atoms with Gasteiger partial charge in [-0.05, 0) is 30.9 Å². The molecule has 2 fully saturated rings. The number of aromatic nitrogens is 1. The van der Waals surface area contributed by atoms with Crippen molar-refractivity contribution in [3.05, 3.63) is 24.1 Å². The first-order valence-corrected chi connectivity index (χ1v) is 7.86. The van der Waals surface area contributed by atoms with Crippen molar-refractivity contribution in [2.45, 2.75) is 19.4 Å². The fourth-order valence-electron chi connectivity index (χ4n) is 3.04. The number of oxazole rings is 1. The number of piperazine rings is 1. The van der Waals surface area contributed by atoms with Gasteiger partial charge in [0.2, 0.25) is 5.89 Å². The van der Waals surface area contributed by atoms with Crippen LogP contribution >= 0.6 is 0 Å². The van der Waals surface area contributed by atoms with E-state index in [4.69, 9.17) is 10.2 Å². The minimum absolute atomic E-state index is 0.721. The van der Waals surface area contributed by atoms with Crippen LogP contribution in [0.25, 0.3) is 11.1 Å². The van der Waals surface area contributed by atoms with Crippen molar-refractivity contribution in [3.8, 4) is 0 Å². The SMILES string of the molecule is Nc1ccc2nc(CN3CCN(CC4CC4)CC3)oc2c1. The fraction of sp³-hybridized carbons (Fsp3) is 0.562. The van der Waals surface area contributed by atoms with Crippen molar-refractivity contribution < 1.29 is 4.42 Å². The third kappa shape index (κ3) is 3.04. The Morgan fingerprint density at radius 2 is 1.90 bits per heavy atom. The minimum atomic E-state index is 0.721. The smallest absolute Gasteiger partial charge is 0.209 e. The van der Waals surface area contributed by atoms with Crippen molar-refractivity contribution in [1.82, 2.24) is 14.8 Å². The maximum absolute atomic E-state index is 5.81. The van der Waals surface area contributed by atoms with Gasteiger partial charge in [-0.25, -0.2) is 4.98 Å². The number of benzene rings is 1. The van der Waals surface area contributed by atoms with Crippen molar-refractivity contribution in [1.29, 1.82) is 0 Å². The lowest BCUT2D eigenvalue weighted by Crippen LogP contribution is -2.46. The highest BCUT2D eigenvalue weighted by Gasteiger charge is 2.26. The van der Waals surface area contributed by atoms with E-state index in [9.17, 15) is 0 Å². The minimum Gasteiger partial charge on any atom is -0.439 e. The zero-order valence-electron chi connectivity index (χ0n) is 12.3. The second-order valence-corrected chi connectivity index (χ2v) is 6.35. The molecule has 0 unspecified atom stereocenters. The monoisotopic (exact) mass is 286 g/mol. The van der Waals surface area contributed by atoms with Crippen molar-refractivity contribution in [2.75, 3.05) is 38.5 Å². The zero-order chi connectivity index (χ0) is 14.2. The number of hydrogen-bond acceptors (Lipinski definition) is 5. The van der Waals surface area contributed by atoms with Gasteiger partial charge >= 0.3 is 0 Å². The predicted molar refractivity (Wildman–Crippen MR) is 82.9 cm³/mol. The summed E-state index contributed by atoms with van der Waals surface area (Å²) in [4.78, 5) is 9.57. The van der Waals surface area contributed by atoms with Crippen molar-refractivity contribution >= 4 is 16.8 Å². The lowest BCUT2D eigenvalue weighted by atomic mass is 10.3. The number of nitrogens with zero attached hydrogens (tertiary/aromatic N) is 3. The molecule has 0 bridgehead atoms. The van der Waals surface area contributed by atoms with Gasteiger partial charge in [0.25, 0.3) is 0 Å². The molecule has 1 aromatic heterocycles. The topological polar surface area (TPSA) is 58.5 Å². The third-order valence-electron chi connectivity index (χ3n) is 4.49. The van der Waals surface area contributed by atoms with Gasteiger partial charge in [0.1, 0.15) is 5.52 Å². The second-order valence-electron chi connectivity index (χ2n) is 6.35. The van der Waals surface area contributed by atoms with Gasteiger partial charge in [0.05, 0.1) is 6.54 Å². The molecule has 112 valence electrons. The van der Waals surface area contributed by atoms with E-state index in [1.54, 1.807) is 0 Å². The predicted octanol–water partition coefficient (Wildman–Crippen LogP) is 1.94. The van der Waals surface area contributed by atoms with Crippen LogP contribution in [0, 0.1) is 5.92 Å². The molecule has 0 spiro atoms. The van der Waals surface area contributed by atoms with Gasteiger partial charge in [-0.1, -0.05) is 0 Å². The molecule has 1 aliphatic heterocycles. The maximum atomic E-state index is 5.81. The highest BCUT2D eigenvalue weighted by molar-refractivity contribution is 5.76. The molecule has 1 aliphatic carbocycles. The van der Waals surface area contributed by atoms with E-state index >= 15 is 0 Å². The largest absolute Gasteiger partial charge is 0.439 e. The van der Waals surface area contributed by atoms with E-state index in [2.05, 4.69) is 14.8 Å². The Morgan fingerprint density at radius 1 is 1.14 bits per heavy atom. The normalized spacial score (nSPS) is 21.1. The van der Waals surface area contributed by atoms with Gasteiger partial charge < -0.3 is 15.1 Å². The first kappa shape index (κ1) is 13.1. The average molecular weight is 286 g/mol. The quantitative estimate of drug-likeness (QED) is 0.870. The molecule has 2 heterocycles. The maximum Gasteiger partial charge on any atom is 0.209 e. The Bertz CT molecular complexity index is 626. The Morgan fingerprint density at radius 3 is 2.67 bits per heavy atom. The van der Waals surface area contributed by atoms with Crippen LogP contribution in [0.2, 0.25) is 0 Å². The molecule has 2 aliphatic rings. The number of anilines is 1. The van der Waals surface area contributed by atoms with E-state index in [1.807, 2.05) is 18.2 Å². The lowest BCUT2D eigenvalue weighted by Gasteiger charge is -2.34. The summed E-state index contributed by atoms with van der Waals surface area (Å²) in [5.41, 5.74) is 8.18. The van der Waals surface area contributed by atoms with E-state index in [-0.39, 0.29) is 0 Å². The molecular formula is C16H22N4O. The van der Waals surface area contributed by atoms with Crippen LogP contribution in [0.15, 0.2) is 22.6 Å². The molecule has 2 aromatic rings. The average Bonchev–Trinajstić information content (AvgIpc) is 3.20. The highest BCUT2D eigenvalue weighted by Crippen LogP contribution is 2.30. The summed E-state index contributed by atoms with van der Waals surface area (Å²) in [6, 6.07) is 5.63. The molecule has 0 atom stereocenters. The van der Waals surface area contributed by atoms with Gasteiger partial charge in [-0.2, -0.15) is 0 Å². The van der Waals surface area contributed by atoms with E-state index in [1.165, 1.54) is 32.5 Å². The molecule has 5 nitrogen and oxygen atoms in total. The molecule has 4 rings (SSSR count). The first-order valence-electron chi connectivity index (χ1n) is 7.86. The van der Waals surface area contributed by atoms with Gasteiger partial charge in [-0.15, -0.1) is 0 Å². The lowest BCUT2D eigenvalue weighted by molar-refractivity contribution is 0.116. The number of rotatable bonds is 4. The number of nitrogens with two attached hydrogens (primary N) is 1. The molecule has 1 saturated heterocycles. The molecule has 0 amide bonds. The molecule has 1 aromatic carbocycles. The molecule has 2 N–H and O–H groups in total. The summed E-state index contributed by atoms with van der Waals surface area (Å²) in [5.74, 6) is 1.78. The van der Waals surface area contributed by atoms with Crippen LogP contribution < -0.4 is 5.73 Å². The molecule has 0 radical (unpaired) electrons. The van der Waals surface area contributed by atoms with Crippen LogP contribution in [0.3, 0.4) is 0 Å². The summed E-state index contributed by atoms with van der Waals surface area (Å²) >= 11 is 0. The summed E-state index contributed by atoms with van der Waals surface area (Å²) in [7, 11) is 0. The van der Waals surface area contributed by atoms with Crippen molar-refractivity contribution in [2.24, 2.45) is 5.92 Å². The van der Waals surface area contributed by atoms with Crippen LogP contribution in [-0.4, -0.2) is 47.5 Å². The fourth-order valence-corrected chi connectivity index (χ4v) is 3.04. The van der Waals surface area contributed by atoms with Crippen molar-refractivity contribution in [3.63, 3.8) is 0 Å². The summed E-state index contributed by atoms with van der Waals surface area (Å²) in [6.45, 7) is 6.65. The molecular weight excluding hydrogens is 264 g/mol. The molecule has 1 saturated carbocycles. The zero-order valence-corrected chi connectivity index (χ0v) is 12.3. The Labute approximate surface area is 124 Å². The summed E-state index contributed by atoms with van der Waals surface area (Å²) < 4.78 is 5.81. The Kier molecular flexibility index (Phi) is 3.31. The Hall–Kier alpha value is -1.59. The van der Waals surface area contributed by atoms with Gasteiger partial charge in [-0.3, -0.25) is 4.90 Å². The number of fused-ring (bicyclic) bond motifs is 1. The standard InChI is InChI=1S/C16H22N4O/c17-13-3-4-14-15(9-13)21-16(18-14)11-20-7-5-19(6-8-20)10-12-1-2-12/h3-4,9,12H,1-2,5-8,10-11,17H2. The summed E-state index contributed by atoms with van der Waals surface area (Å²) in [5, 5.41) is 0. The van der Waals surface area contributed by atoms with Gasteiger partial charge in [0.15, 0.2) is 5.58 Å². The Balaban J connectivity index is 1.36. The highest BCUT2D eigenvalue weighted by atomic mass is 16.3. The van der Waals surface area contributed by atoms with Crippen LogP contribution in [-0.2, 0) is 6.54 Å². The van der Waals surface area contributed by atoms with Crippen LogP contribution in [0.4, 0.5) is 5.69 Å². The van der Waals surface area contributed by atoms with E-state index < -0.39 is 0 Å². The van der Waals surface area contributed by atoms with Crippen LogP contribution in [0.5, 0.6) is 0 Å². The number of nitrogen functional groups attached to an aromatic ring is 1. The third-order valence-corrected chi connectivity index (χ3v) is 4.49. The molecule has 21 heavy (non-hydrogen) atoms. The van der Waals surface area contributed by atoms with Gasteiger partial charge in [0, 0.05) is 44.5 Å². The van der Waals surface area contributed by atoms with Crippen LogP contribution in [0.1, 0.15) is 18.7 Å². The second kappa shape index (κ2) is 5.31. The van der Waals surface area contributed by atoms with E-state index in [0.29, 0.717) is 0 Å². The number of hydrogen-bond donors (Lipinski definition) is 1. The first-order chi connectivity index (χ1) is 10.3.